The first-order valence-corrected chi connectivity index (χ1v) is 16.1. The summed E-state index contributed by atoms with van der Waals surface area (Å²) in [5, 5.41) is 11.7. The van der Waals surface area contributed by atoms with Gasteiger partial charge in [0.1, 0.15) is 16.4 Å². The van der Waals surface area contributed by atoms with Gasteiger partial charge in [0.05, 0.1) is 44.2 Å². The van der Waals surface area contributed by atoms with E-state index in [0.717, 1.165) is 43.4 Å². The Balaban J connectivity index is 1.82. The van der Waals surface area contributed by atoms with E-state index in [9.17, 15) is 19.5 Å². The van der Waals surface area contributed by atoms with Crippen molar-refractivity contribution in [2.24, 2.45) is 0 Å². The molecule has 1 fully saturated rings. The molecule has 1 aliphatic rings. The molecular formula is C34H40N2O8S. The second-order valence-corrected chi connectivity index (χ2v) is 11.5. The Morgan fingerprint density at radius 2 is 1.67 bits per heavy atom. The average Bonchev–Trinajstić information content (AvgIpc) is 3.55. The molecule has 0 radical (unpaired) electrons. The monoisotopic (exact) mass is 636 g/mol. The lowest BCUT2D eigenvalue weighted by molar-refractivity contribution is -0.132. The number of carbonyl (C=O) groups excluding carboxylic acids is 3. The van der Waals surface area contributed by atoms with Gasteiger partial charge in [0, 0.05) is 5.56 Å². The van der Waals surface area contributed by atoms with Crippen molar-refractivity contribution in [3.05, 3.63) is 69.7 Å². The van der Waals surface area contributed by atoms with E-state index in [-0.39, 0.29) is 27.9 Å². The molecule has 0 bridgehead atoms. The second-order valence-electron chi connectivity index (χ2n) is 10.5. The number of hydrogen-bond acceptors (Lipinski definition) is 10. The third-order valence-corrected chi connectivity index (χ3v) is 8.44. The van der Waals surface area contributed by atoms with Crippen molar-refractivity contribution in [1.29, 1.82) is 0 Å². The number of rotatable bonds is 15. The minimum Gasteiger partial charge on any atom is -0.507 e. The number of esters is 1. The molecule has 1 amide bonds. The first-order chi connectivity index (χ1) is 21.7. The van der Waals surface area contributed by atoms with Crippen LogP contribution in [0.25, 0.3) is 5.76 Å². The molecule has 1 aromatic heterocycles. The molecule has 10 nitrogen and oxygen atoms in total. The van der Waals surface area contributed by atoms with Gasteiger partial charge >= 0.3 is 11.9 Å². The van der Waals surface area contributed by atoms with Crippen LogP contribution in [0.4, 0.5) is 5.13 Å². The molecule has 2 heterocycles. The number of hydrogen-bond donors (Lipinski definition) is 1. The number of benzene rings is 2. The molecule has 0 spiro atoms. The predicted molar refractivity (Wildman–Crippen MR) is 172 cm³/mol. The van der Waals surface area contributed by atoms with Gasteiger partial charge in [-0.15, -0.1) is 0 Å². The molecule has 240 valence electrons. The quantitative estimate of drug-likeness (QED) is 0.0617. The van der Waals surface area contributed by atoms with Crippen molar-refractivity contribution in [2.45, 2.75) is 65.8 Å². The Morgan fingerprint density at radius 1 is 0.956 bits per heavy atom. The largest absolute Gasteiger partial charge is 0.507 e. The Bertz CT molecular complexity index is 1550. The number of amides is 1. The summed E-state index contributed by atoms with van der Waals surface area (Å²) in [6, 6.07) is 10.8. The summed E-state index contributed by atoms with van der Waals surface area (Å²) < 4.78 is 22.5. The number of ketones is 1. The molecule has 3 aromatic rings. The molecule has 1 N–H and O–H groups in total. The fourth-order valence-corrected chi connectivity index (χ4v) is 5.91. The summed E-state index contributed by atoms with van der Waals surface area (Å²) in [6.07, 6.45) is 4.87. The number of methoxy groups -OCH3 is 1. The Morgan fingerprint density at radius 3 is 2.33 bits per heavy atom. The maximum absolute atomic E-state index is 13.7. The summed E-state index contributed by atoms with van der Waals surface area (Å²) >= 11 is 0.949. The number of ether oxygens (including phenoxy) is 4. The van der Waals surface area contributed by atoms with Crippen LogP contribution in [0.2, 0.25) is 0 Å². The molecule has 1 atom stereocenters. The van der Waals surface area contributed by atoms with E-state index in [4.69, 9.17) is 18.9 Å². The summed E-state index contributed by atoms with van der Waals surface area (Å²) in [6.45, 7) is 8.76. The van der Waals surface area contributed by atoms with Gasteiger partial charge in [-0.2, -0.15) is 0 Å². The standard InChI is InChI=1S/C34H40N2O8S/c1-6-9-11-19-44-25-17-14-23(20-26(25)41-5)28-27(29(37)22-12-15-24(16-13-22)43-18-10-7-2)30(38)32(39)36(28)34-35-21(4)31(45-34)33(40)42-8-3/h12-17,20,28,37H,6-11,18-19H2,1-5H3/t28-/m0/s1. The summed E-state index contributed by atoms with van der Waals surface area (Å²) in [4.78, 5) is 45.9. The van der Waals surface area contributed by atoms with Crippen molar-refractivity contribution in [3.63, 3.8) is 0 Å². The molecule has 0 saturated carbocycles. The van der Waals surface area contributed by atoms with Gasteiger partial charge in [0.2, 0.25) is 0 Å². The highest BCUT2D eigenvalue weighted by Crippen LogP contribution is 2.45. The van der Waals surface area contributed by atoms with Gasteiger partial charge in [-0.25, -0.2) is 9.78 Å². The Labute approximate surface area is 267 Å². The van der Waals surface area contributed by atoms with Crippen LogP contribution in [-0.4, -0.2) is 54.7 Å². The number of thiazole rings is 1. The number of anilines is 1. The van der Waals surface area contributed by atoms with Crippen molar-refractivity contribution < 1.29 is 38.4 Å². The van der Waals surface area contributed by atoms with Crippen molar-refractivity contribution in [3.8, 4) is 17.2 Å². The molecular weight excluding hydrogens is 596 g/mol. The molecule has 4 rings (SSSR count). The van der Waals surface area contributed by atoms with E-state index in [1.165, 1.54) is 12.0 Å². The zero-order valence-corrected chi connectivity index (χ0v) is 27.2. The first-order valence-electron chi connectivity index (χ1n) is 15.2. The highest BCUT2D eigenvalue weighted by Gasteiger charge is 2.48. The number of aliphatic hydroxyl groups is 1. The van der Waals surface area contributed by atoms with Crippen LogP contribution in [0.1, 0.15) is 85.4 Å². The van der Waals surface area contributed by atoms with Gasteiger partial charge in [-0.3, -0.25) is 14.5 Å². The third-order valence-electron chi connectivity index (χ3n) is 7.30. The van der Waals surface area contributed by atoms with E-state index in [1.807, 2.05) is 0 Å². The van der Waals surface area contributed by atoms with Crippen LogP contribution in [0.5, 0.6) is 17.2 Å². The van der Waals surface area contributed by atoms with Crippen molar-refractivity contribution in [1.82, 2.24) is 4.98 Å². The van der Waals surface area contributed by atoms with Gasteiger partial charge in [-0.05, 0) is 68.7 Å². The number of aryl methyl sites for hydroxylation is 1. The summed E-state index contributed by atoms with van der Waals surface area (Å²) in [5.41, 5.74) is 1.06. The number of aromatic nitrogens is 1. The van der Waals surface area contributed by atoms with E-state index < -0.39 is 23.7 Å². The van der Waals surface area contributed by atoms with E-state index in [2.05, 4.69) is 18.8 Å². The second kappa shape index (κ2) is 15.6. The maximum atomic E-state index is 13.7. The van der Waals surface area contributed by atoms with E-state index >= 15 is 0 Å². The number of nitrogens with zero attached hydrogens (tertiary/aromatic N) is 2. The Hall–Kier alpha value is -4.38. The van der Waals surface area contributed by atoms with Gasteiger partial charge in [-0.1, -0.05) is 50.5 Å². The summed E-state index contributed by atoms with van der Waals surface area (Å²) in [7, 11) is 1.51. The Kier molecular flexibility index (Phi) is 11.6. The lowest BCUT2D eigenvalue weighted by Gasteiger charge is -2.24. The summed E-state index contributed by atoms with van der Waals surface area (Å²) in [5.74, 6) is -1.14. The van der Waals surface area contributed by atoms with Crippen molar-refractivity contribution in [2.75, 3.05) is 31.8 Å². The van der Waals surface area contributed by atoms with Crippen LogP contribution in [0.15, 0.2) is 48.0 Å². The van der Waals surface area contributed by atoms with Gasteiger partial charge in [0.25, 0.3) is 5.78 Å². The molecule has 45 heavy (non-hydrogen) atoms. The zero-order valence-electron chi connectivity index (χ0n) is 26.4. The normalized spacial score (nSPS) is 15.8. The fraction of sp³-hybridized carbons (Fsp3) is 0.412. The van der Waals surface area contributed by atoms with E-state index in [0.29, 0.717) is 47.3 Å². The average molecular weight is 637 g/mol. The molecule has 1 aliphatic heterocycles. The maximum Gasteiger partial charge on any atom is 0.350 e. The van der Waals surface area contributed by atoms with Crippen LogP contribution in [-0.2, 0) is 14.3 Å². The minimum atomic E-state index is -1.07. The molecule has 11 heteroatoms. The molecule has 1 saturated heterocycles. The predicted octanol–water partition coefficient (Wildman–Crippen LogP) is 7.01. The van der Waals surface area contributed by atoms with Gasteiger partial charge in [0.15, 0.2) is 16.6 Å². The number of Topliss-reactive ketones (excluding diaryl/α,β-unsaturated/α-hetero) is 1. The lowest BCUT2D eigenvalue weighted by atomic mass is 9.95. The van der Waals surface area contributed by atoms with Crippen LogP contribution < -0.4 is 19.1 Å². The first kappa shape index (κ1) is 33.5. The number of aliphatic hydroxyl groups excluding tert-OH is 1. The third kappa shape index (κ3) is 7.47. The molecule has 0 unspecified atom stereocenters. The van der Waals surface area contributed by atoms with E-state index in [1.54, 1.807) is 56.3 Å². The number of carbonyl (C=O) groups is 3. The van der Waals surface area contributed by atoms with Crippen molar-refractivity contribution >= 4 is 39.9 Å². The highest BCUT2D eigenvalue weighted by atomic mass is 32.1. The molecule has 2 aromatic carbocycles. The smallest absolute Gasteiger partial charge is 0.350 e. The number of unbranched alkanes of at least 4 members (excludes halogenated alkanes) is 3. The zero-order chi connectivity index (χ0) is 32.5. The highest BCUT2D eigenvalue weighted by molar-refractivity contribution is 7.17. The topological polar surface area (TPSA) is 124 Å². The van der Waals surface area contributed by atoms with Crippen LogP contribution >= 0.6 is 11.3 Å². The van der Waals surface area contributed by atoms with Crippen LogP contribution in [0, 0.1) is 6.92 Å². The lowest BCUT2D eigenvalue weighted by Crippen LogP contribution is -2.29. The molecule has 0 aliphatic carbocycles. The van der Waals surface area contributed by atoms with Gasteiger partial charge < -0.3 is 24.1 Å². The SMILES string of the molecule is CCCCCOc1ccc([C@H]2C(=C(O)c3ccc(OCCCC)cc3)C(=O)C(=O)N2c2nc(C)c(C(=O)OCC)s2)cc1OC. The fourth-order valence-electron chi connectivity index (χ4n) is 4.92. The minimum absolute atomic E-state index is 0.121. The van der Waals surface area contributed by atoms with Crippen LogP contribution in [0.3, 0.4) is 0 Å².